The zero-order chi connectivity index (χ0) is 21.0. The van der Waals surface area contributed by atoms with Crippen molar-refractivity contribution in [3.05, 3.63) is 24.3 Å². The number of likely N-dealkylation sites (tertiary alicyclic amines) is 1. The van der Waals surface area contributed by atoms with Crippen LogP contribution in [0.4, 0.5) is 24.0 Å². The second-order valence-electron chi connectivity index (χ2n) is 6.79. The Morgan fingerprint density at radius 2 is 1.90 bits per heavy atom. The molecule has 1 aliphatic rings. The molecule has 1 aromatic carbocycles. The molecule has 1 N–H and O–H groups in total. The van der Waals surface area contributed by atoms with Gasteiger partial charge in [-0.2, -0.15) is 0 Å². The minimum Gasteiger partial charge on any atom is -0.406 e. The quantitative estimate of drug-likeness (QED) is 0.626. The number of ether oxygens (including phenoxy) is 1. The minimum absolute atomic E-state index is 0.0969. The van der Waals surface area contributed by atoms with Gasteiger partial charge in [-0.15, -0.1) is 23.4 Å². The fourth-order valence-corrected chi connectivity index (χ4v) is 4.93. The first-order chi connectivity index (χ1) is 13.7. The molecule has 3 rings (SSSR count). The van der Waals surface area contributed by atoms with E-state index in [2.05, 4.69) is 34.1 Å². The molecule has 0 saturated carbocycles. The van der Waals surface area contributed by atoms with Crippen molar-refractivity contribution in [3.8, 4) is 5.75 Å². The van der Waals surface area contributed by atoms with Crippen molar-refractivity contribution in [3.63, 3.8) is 0 Å². The van der Waals surface area contributed by atoms with E-state index in [0.717, 1.165) is 19.3 Å². The van der Waals surface area contributed by atoms with Gasteiger partial charge in [0.2, 0.25) is 11.0 Å². The molecule has 158 valence electrons. The Morgan fingerprint density at radius 1 is 1.24 bits per heavy atom. The molecule has 1 saturated heterocycles. The van der Waals surface area contributed by atoms with Gasteiger partial charge >= 0.3 is 6.36 Å². The van der Waals surface area contributed by atoms with Crippen molar-refractivity contribution in [2.45, 2.75) is 55.9 Å². The molecule has 1 aromatic heterocycles. The van der Waals surface area contributed by atoms with Gasteiger partial charge in [0.25, 0.3) is 0 Å². The topological polar surface area (TPSA) is 67.4 Å². The summed E-state index contributed by atoms with van der Waals surface area (Å²) in [5.74, 6) is 0.100. The number of piperidine rings is 1. The highest BCUT2D eigenvalue weighted by atomic mass is 32.2. The van der Waals surface area contributed by atoms with Crippen molar-refractivity contribution < 1.29 is 22.7 Å². The summed E-state index contributed by atoms with van der Waals surface area (Å²) in [4.78, 5) is 14.5. The predicted molar refractivity (Wildman–Crippen MR) is 107 cm³/mol. The van der Waals surface area contributed by atoms with Crippen LogP contribution in [0.2, 0.25) is 0 Å². The molecule has 1 aliphatic heterocycles. The summed E-state index contributed by atoms with van der Waals surface area (Å²) in [5, 5.41) is 11.5. The first-order valence-corrected chi connectivity index (χ1v) is 10.9. The fourth-order valence-electron chi connectivity index (χ4n) is 3.29. The molecule has 1 amide bonds. The lowest BCUT2D eigenvalue weighted by Gasteiger charge is -2.39. The van der Waals surface area contributed by atoms with E-state index in [1.807, 2.05) is 4.90 Å². The minimum atomic E-state index is -4.72. The van der Waals surface area contributed by atoms with Crippen LogP contribution in [-0.4, -0.2) is 45.2 Å². The van der Waals surface area contributed by atoms with Crippen molar-refractivity contribution in [2.75, 3.05) is 11.1 Å². The van der Waals surface area contributed by atoms with Crippen LogP contribution < -0.4 is 10.1 Å². The molecule has 6 nitrogen and oxygen atoms in total. The highest BCUT2D eigenvalue weighted by Crippen LogP contribution is 2.30. The van der Waals surface area contributed by atoms with Crippen LogP contribution in [-0.2, 0) is 4.79 Å². The Kier molecular flexibility index (Phi) is 6.89. The van der Waals surface area contributed by atoms with Crippen molar-refractivity contribution in [1.82, 2.24) is 15.1 Å². The summed E-state index contributed by atoms with van der Waals surface area (Å²) in [5.41, 5.74) is 0.555. The molecular weight excluding hydrogens is 425 g/mol. The van der Waals surface area contributed by atoms with Crippen LogP contribution >= 0.6 is 23.1 Å². The number of halogens is 3. The molecule has 2 atom stereocenters. The molecule has 1 fully saturated rings. The van der Waals surface area contributed by atoms with Gasteiger partial charge in [0, 0.05) is 17.8 Å². The van der Waals surface area contributed by atoms with Crippen LogP contribution in [0.3, 0.4) is 0 Å². The second-order valence-corrected chi connectivity index (χ2v) is 8.99. The number of anilines is 2. The first kappa shape index (κ1) is 21.7. The van der Waals surface area contributed by atoms with E-state index in [9.17, 15) is 18.0 Å². The van der Waals surface area contributed by atoms with Gasteiger partial charge in [-0.3, -0.25) is 4.79 Å². The molecule has 0 radical (unpaired) electrons. The highest BCUT2D eigenvalue weighted by Gasteiger charge is 2.31. The second kappa shape index (κ2) is 9.21. The number of aromatic nitrogens is 2. The zero-order valence-corrected chi connectivity index (χ0v) is 17.5. The molecule has 29 heavy (non-hydrogen) atoms. The van der Waals surface area contributed by atoms with E-state index in [0.29, 0.717) is 20.9 Å². The smallest absolute Gasteiger partial charge is 0.406 e. The van der Waals surface area contributed by atoms with E-state index in [1.165, 1.54) is 47.4 Å². The van der Waals surface area contributed by atoms with Gasteiger partial charge in [-0.1, -0.05) is 23.1 Å². The molecule has 0 aliphatic carbocycles. The van der Waals surface area contributed by atoms with Crippen molar-refractivity contribution in [2.24, 2.45) is 0 Å². The van der Waals surface area contributed by atoms with E-state index >= 15 is 0 Å². The monoisotopic (exact) mass is 446 g/mol. The maximum Gasteiger partial charge on any atom is 0.573 e. The SMILES string of the molecule is C[C@@H]1CCC[C@H](C)N1C(=O)CSc1nnc(Nc2ccc(OC(F)(F)F)cc2)s1. The molecule has 0 bridgehead atoms. The maximum atomic E-state index is 12.6. The van der Waals surface area contributed by atoms with Gasteiger partial charge in [0.15, 0.2) is 4.34 Å². The van der Waals surface area contributed by atoms with E-state index in [1.54, 1.807) is 0 Å². The van der Waals surface area contributed by atoms with E-state index < -0.39 is 6.36 Å². The summed E-state index contributed by atoms with van der Waals surface area (Å²) in [6.45, 7) is 4.16. The number of alkyl halides is 3. The van der Waals surface area contributed by atoms with Crippen LogP contribution in [0.25, 0.3) is 0 Å². The maximum absolute atomic E-state index is 12.6. The Morgan fingerprint density at radius 3 is 2.52 bits per heavy atom. The third-order valence-electron chi connectivity index (χ3n) is 4.55. The summed E-state index contributed by atoms with van der Waals surface area (Å²) < 4.78 is 41.1. The van der Waals surface area contributed by atoms with Crippen LogP contribution in [0.5, 0.6) is 5.75 Å². The average Bonchev–Trinajstić information content (AvgIpc) is 3.08. The van der Waals surface area contributed by atoms with Crippen LogP contribution in [0.15, 0.2) is 28.6 Å². The number of nitrogens with zero attached hydrogens (tertiary/aromatic N) is 3. The van der Waals surface area contributed by atoms with Crippen molar-refractivity contribution >= 4 is 39.8 Å². The number of amides is 1. The standard InChI is InChI=1S/C18H21F3N4O2S2/c1-11-4-3-5-12(2)25(11)15(26)10-28-17-24-23-16(29-17)22-13-6-8-14(9-7-13)27-18(19,20)21/h6-9,11-12H,3-5,10H2,1-2H3,(H,22,23)/t11-,12+. The Labute approximate surface area is 174 Å². The number of benzene rings is 1. The lowest BCUT2D eigenvalue weighted by atomic mass is 9.98. The Hall–Kier alpha value is -2.01. The Bertz CT molecular complexity index is 819. The van der Waals surface area contributed by atoms with Gasteiger partial charge in [-0.25, -0.2) is 0 Å². The molecule has 0 unspecified atom stereocenters. The van der Waals surface area contributed by atoms with Gasteiger partial charge in [0.05, 0.1) is 5.75 Å². The summed E-state index contributed by atoms with van der Waals surface area (Å²) in [6.07, 6.45) is -1.52. The predicted octanol–water partition coefficient (Wildman–Crippen LogP) is 5.06. The number of carbonyl (C=O) groups is 1. The number of nitrogens with one attached hydrogen (secondary N) is 1. The zero-order valence-electron chi connectivity index (χ0n) is 15.9. The van der Waals surface area contributed by atoms with E-state index in [4.69, 9.17) is 0 Å². The molecule has 11 heteroatoms. The lowest BCUT2D eigenvalue weighted by molar-refractivity contribution is -0.274. The first-order valence-electron chi connectivity index (χ1n) is 9.11. The number of hydrogen-bond acceptors (Lipinski definition) is 7. The van der Waals surface area contributed by atoms with Gasteiger partial charge in [0.1, 0.15) is 5.75 Å². The largest absolute Gasteiger partial charge is 0.573 e. The van der Waals surface area contributed by atoms with Gasteiger partial charge < -0.3 is 15.0 Å². The normalized spacial score (nSPS) is 19.8. The Balaban J connectivity index is 1.52. The number of rotatable bonds is 6. The fraction of sp³-hybridized carbons (Fsp3) is 0.500. The average molecular weight is 447 g/mol. The van der Waals surface area contributed by atoms with Gasteiger partial charge in [-0.05, 0) is 57.4 Å². The summed E-state index contributed by atoms with van der Waals surface area (Å²) in [7, 11) is 0. The highest BCUT2D eigenvalue weighted by molar-refractivity contribution is 8.01. The molecule has 0 spiro atoms. The molecule has 2 aromatic rings. The van der Waals surface area contributed by atoms with Crippen LogP contribution in [0.1, 0.15) is 33.1 Å². The van der Waals surface area contributed by atoms with Crippen molar-refractivity contribution in [1.29, 1.82) is 0 Å². The van der Waals surface area contributed by atoms with E-state index in [-0.39, 0.29) is 23.7 Å². The third kappa shape index (κ3) is 6.23. The van der Waals surface area contributed by atoms with Crippen LogP contribution in [0, 0.1) is 0 Å². The lowest BCUT2D eigenvalue weighted by Crippen LogP contribution is -2.48. The summed E-state index contributed by atoms with van der Waals surface area (Å²) in [6, 6.07) is 5.85. The third-order valence-corrected chi connectivity index (χ3v) is 6.50. The number of hydrogen-bond donors (Lipinski definition) is 1. The number of thioether (sulfide) groups is 1. The number of carbonyl (C=O) groups excluding carboxylic acids is 1. The summed E-state index contributed by atoms with van der Waals surface area (Å²) >= 11 is 2.61. The molecular formula is C18H21F3N4O2S2. The molecule has 2 heterocycles.